The Morgan fingerprint density at radius 2 is 1.59 bits per heavy atom. The molecule has 1 aromatic carbocycles. The Morgan fingerprint density at radius 1 is 0.969 bits per heavy atom. The fourth-order valence-corrected chi connectivity index (χ4v) is 3.24. The predicted octanol–water partition coefficient (Wildman–Crippen LogP) is 2.10. The number of alkyl halides is 3. The van der Waals surface area contributed by atoms with Crippen LogP contribution in [0.2, 0.25) is 0 Å². The molecule has 14 heteroatoms. The number of benzene rings is 1. The number of piperazine rings is 1. The van der Waals surface area contributed by atoms with Gasteiger partial charge in [0.25, 0.3) is 0 Å². The summed E-state index contributed by atoms with van der Waals surface area (Å²) >= 11 is 0. The van der Waals surface area contributed by atoms with E-state index in [0.717, 1.165) is 40.0 Å². The molecule has 0 amide bonds. The van der Waals surface area contributed by atoms with E-state index in [-0.39, 0.29) is 18.3 Å². The monoisotopic (exact) mass is 459 g/mol. The van der Waals surface area contributed by atoms with E-state index in [1.54, 1.807) is 9.80 Å². The summed E-state index contributed by atoms with van der Waals surface area (Å²) in [4.78, 5) is 23.5. The summed E-state index contributed by atoms with van der Waals surface area (Å²) in [7, 11) is 0. The van der Waals surface area contributed by atoms with E-state index < -0.39 is 35.0 Å². The van der Waals surface area contributed by atoms with Crippen molar-refractivity contribution < 1.29 is 26.3 Å². The first-order valence-corrected chi connectivity index (χ1v) is 9.30. The molecule has 8 nitrogen and oxygen atoms in total. The third kappa shape index (κ3) is 4.38. The molecule has 0 unspecified atom stereocenters. The van der Waals surface area contributed by atoms with Crippen LogP contribution in [0, 0.1) is 17.5 Å². The fraction of sp³-hybridized carbons (Fsp3) is 0.333. The Kier molecular flexibility index (Phi) is 5.52. The lowest BCUT2D eigenvalue weighted by Gasteiger charge is -2.36. The maximum atomic E-state index is 13.5. The first kappa shape index (κ1) is 21.6. The van der Waals surface area contributed by atoms with Gasteiger partial charge in [0.15, 0.2) is 23.1 Å². The summed E-state index contributed by atoms with van der Waals surface area (Å²) in [5, 5.41) is 3.37. The molecule has 0 saturated carbocycles. The Balaban J connectivity index is 1.42. The largest absolute Gasteiger partial charge is 0.435 e. The first-order chi connectivity index (χ1) is 15.1. The molecule has 170 valence electrons. The smallest absolute Gasteiger partial charge is 0.368 e. The Hall–Kier alpha value is -3.58. The van der Waals surface area contributed by atoms with Crippen LogP contribution in [0.1, 0.15) is 5.69 Å². The van der Waals surface area contributed by atoms with Gasteiger partial charge in [0.2, 0.25) is 5.95 Å². The highest BCUT2D eigenvalue weighted by Gasteiger charge is 2.33. The highest BCUT2D eigenvalue weighted by molar-refractivity contribution is 5.49. The van der Waals surface area contributed by atoms with Gasteiger partial charge in [0.1, 0.15) is 13.0 Å². The normalized spacial score (nSPS) is 14.8. The van der Waals surface area contributed by atoms with Crippen LogP contribution < -0.4 is 15.5 Å². The first-order valence-electron chi connectivity index (χ1n) is 9.30. The Bertz CT molecular complexity index is 1160. The van der Waals surface area contributed by atoms with Gasteiger partial charge in [-0.05, 0) is 6.07 Å². The van der Waals surface area contributed by atoms with E-state index in [0.29, 0.717) is 26.2 Å². The van der Waals surface area contributed by atoms with Gasteiger partial charge >= 0.3 is 11.9 Å². The third-order valence-corrected chi connectivity index (χ3v) is 4.88. The molecule has 32 heavy (non-hydrogen) atoms. The van der Waals surface area contributed by atoms with Crippen molar-refractivity contribution in [3.05, 3.63) is 64.4 Å². The number of anilines is 2. The van der Waals surface area contributed by atoms with Gasteiger partial charge in [0.05, 0.1) is 0 Å². The summed E-state index contributed by atoms with van der Waals surface area (Å²) in [5.41, 5.74) is -1.62. The molecule has 1 aliphatic rings. The minimum Gasteiger partial charge on any atom is -0.368 e. The molecule has 0 radical (unpaired) electrons. The van der Waals surface area contributed by atoms with Gasteiger partial charge in [-0.2, -0.15) is 23.3 Å². The van der Waals surface area contributed by atoms with E-state index in [4.69, 9.17) is 0 Å². The summed E-state index contributed by atoms with van der Waals surface area (Å²) in [5.74, 6) is -3.99. The zero-order chi connectivity index (χ0) is 23.0. The van der Waals surface area contributed by atoms with Gasteiger partial charge < -0.3 is 9.80 Å². The zero-order valence-corrected chi connectivity index (χ0v) is 16.2. The minimum atomic E-state index is -4.59. The molecule has 1 fully saturated rings. The van der Waals surface area contributed by atoms with Crippen LogP contribution in [0.5, 0.6) is 0 Å². The van der Waals surface area contributed by atoms with Crippen molar-refractivity contribution in [2.45, 2.75) is 12.8 Å². The van der Waals surface area contributed by atoms with Crippen LogP contribution in [0.25, 0.3) is 0 Å². The van der Waals surface area contributed by atoms with Crippen molar-refractivity contribution in [2.75, 3.05) is 36.0 Å². The molecule has 0 spiro atoms. The summed E-state index contributed by atoms with van der Waals surface area (Å²) in [6.45, 7) is 0.954. The highest BCUT2D eigenvalue weighted by atomic mass is 19.4. The number of aromatic nitrogens is 5. The van der Waals surface area contributed by atoms with E-state index in [2.05, 4.69) is 15.1 Å². The molecule has 0 atom stereocenters. The van der Waals surface area contributed by atoms with Crippen molar-refractivity contribution in [3.63, 3.8) is 0 Å². The van der Waals surface area contributed by atoms with Crippen molar-refractivity contribution in [3.8, 4) is 0 Å². The Labute approximate surface area is 176 Å². The van der Waals surface area contributed by atoms with Crippen LogP contribution in [0.3, 0.4) is 0 Å². The van der Waals surface area contributed by atoms with E-state index in [1.165, 1.54) is 0 Å². The topological polar surface area (TPSA) is 72.1 Å². The van der Waals surface area contributed by atoms with Crippen molar-refractivity contribution in [1.29, 1.82) is 0 Å². The average molecular weight is 459 g/mol. The molecule has 4 rings (SSSR count). The van der Waals surface area contributed by atoms with Gasteiger partial charge in [-0.15, -0.1) is 0 Å². The predicted molar refractivity (Wildman–Crippen MR) is 99.7 cm³/mol. The lowest BCUT2D eigenvalue weighted by molar-refractivity contribution is -0.141. The minimum absolute atomic E-state index is 0.110. The van der Waals surface area contributed by atoms with Crippen LogP contribution in [-0.4, -0.2) is 50.5 Å². The number of hydrogen-bond donors (Lipinski definition) is 0. The van der Waals surface area contributed by atoms with Crippen molar-refractivity contribution in [2.24, 2.45) is 0 Å². The second-order valence-electron chi connectivity index (χ2n) is 6.99. The van der Waals surface area contributed by atoms with Gasteiger partial charge in [-0.1, -0.05) is 0 Å². The second-order valence-corrected chi connectivity index (χ2v) is 6.99. The lowest BCUT2D eigenvalue weighted by atomic mass is 10.2. The Morgan fingerprint density at radius 3 is 2.16 bits per heavy atom. The summed E-state index contributed by atoms with van der Waals surface area (Å²) < 4.78 is 79.9. The van der Waals surface area contributed by atoms with Crippen LogP contribution in [0.15, 0.2) is 35.5 Å². The standard InChI is InChI=1S/C18H15F6N7O/c19-12-7-11(8-13(20)15(12)21)28-3-5-29(6-4-28)16-25-9-30(17(32)26-16)10-31-2-1-14(27-31)18(22,23)24/h1-2,7-9H,3-6,10H2. The average Bonchev–Trinajstić information content (AvgIpc) is 3.22. The second kappa shape index (κ2) is 8.16. The number of halogens is 6. The maximum absolute atomic E-state index is 13.5. The molecule has 1 saturated heterocycles. The molecular formula is C18H15F6N7O. The summed E-state index contributed by atoms with van der Waals surface area (Å²) in [6, 6.07) is 2.61. The van der Waals surface area contributed by atoms with Gasteiger partial charge in [-0.25, -0.2) is 22.9 Å². The maximum Gasteiger partial charge on any atom is 0.435 e. The van der Waals surface area contributed by atoms with E-state index >= 15 is 0 Å². The van der Waals surface area contributed by atoms with Gasteiger partial charge in [-0.3, -0.25) is 9.25 Å². The molecule has 2 aromatic heterocycles. The molecule has 0 aliphatic carbocycles. The fourth-order valence-electron chi connectivity index (χ4n) is 3.24. The zero-order valence-electron chi connectivity index (χ0n) is 16.2. The van der Waals surface area contributed by atoms with Crippen LogP contribution in [-0.2, 0) is 12.8 Å². The summed E-state index contributed by atoms with van der Waals surface area (Å²) in [6.07, 6.45) is -2.36. The molecular weight excluding hydrogens is 444 g/mol. The van der Waals surface area contributed by atoms with Crippen LogP contribution >= 0.6 is 0 Å². The number of nitrogens with zero attached hydrogens (tertiary/aromatic N) is 7. The number of rotatable bonds is 4. The van der Waals surface area contributed by atoms with E-state index in [1.807, 2.05) is 0 Å². The SMILES string of the molecule is O=c1nc(N2CCN(c3cc(F)c(F)c(F)c3)CC2)ncn1Cn1ccc(C(F)(F)F)n1. The van der Waals surface area contributed by atoms with E-state index in [9.17, 15) is 31.1 Å². The van der Waals surface area contributed by atoms with Crippen molar-refractivity contribution >= 4 is 11.6 Å². The molecule has 0 bridgehead atoms. The molecule has 1 aliphatic heterocycles. The lowest BCUT2D eigenvalue weighted by Crippen LogP contribution is -2.48. The number of hydrogen-bond acceptors (Lipinski definition) is 6. The van der Waals surface area contributed by atoms with Gasteiger partial charge in [0, 0.05) is 50.2 Å². The highest BCUT2D eigenvalue weighted by Crippen LogP contribution is 2.27. The van der Waals surface area contributed by atoms with Crippen molar-refractivity contribution in [1.82, 2.24) is 24.3 Å². The molecule has 3 heterocycles. The quantitative estimate of drug-likeness (QED) is 0.440. The molecule has 0 N–H and O–H groups in total. The molecule has 3 aromatic rings. The van der Waals surface area contributed by atoms with Crippen LogP contribution in [0.4, 0.5) is 38.0 Å². The third-order valence-electron chi connectivity index (χ3n) is 4.88.